The molecule has 0 amide bonds. The third kappa shape index (κ3) is 7.55. The number of halogens is 1. The van der Waals surface area contributed by atoms with Gasteiger partial charge in [0.05, 0.1) is 0 Å². The maximum atomic E-state index is 4.80. The van der Waals surface area contributed by atoms with Gasteiger partial charge in [-0.3, -0.25) is 9.89 Å². The summed E-state index contributed by atoms with van der Waals surface area (Å²) in [6, 6.07) is 0.506. The Labute approximate surface area is 192 Å². The highest BCUT2D eigenvalue weighted by molar-refractivity contribution is 14.0. The van der Waals surface area contributed by atoms with Gasteiger partial charge in [0.15, 0.2) is 5.96 Å². The van der Waals surface area contributed by atoms with E-state index in [9.17, 15) is 0 Å². The van der Waals surface area contributed by atoms with E-state index in [-0.39, 0.29) is 24.0 Å². The lowest BCUT2D eigenvalue weighted by atomic mass is 10.1. The molecule has 164 valence electrons. The van der Waals surface area contributed by atoms with Crippen LogP contribution in [0.1, 0.15) is 57.1 Å². The van der Waals surface area contributed by atoms with E-state index in [1.807, 2.05) is 6.08 Å². The first-order chi connectivity index (χ1) is 13.8. The van der Waals surface area contributed by atoms with Gasteiger partial charge < -0.3 is 15.2 Å². The predicted molar refractivity (Wildman–Crippen MR) is 130 cm³/mol. The summed E-state index contributed by atoms with van der Waals surface area (Å²) in [5.41, 5.74) is 0. The maximum absolute atomic E-state index is 4.80. The van der Waals surface area contributed by atoms with Crippen LogP contribution < -0.4 is 10.6 Å². The lowest BCUT2D eigenvalue weighted by Gasteiger charge is -2.32. The molecule has 8 heteroatoms. The van der Waals surface area contributed by atoms with Crippen molar-refractivity contribution in [3.63, 3.8) is 0 Å². The van der Waals surface area contributed by atoms with E-state index in [0.29, 0.717) is 6.04 Å². The number of guanidine groups is 1. The van der Waals surface area contributed by atoms with Gasteiger partial charge in [-0.25, -0.2) is 0 Å². The van der Waals surface area contributed by atoms with Crippen molar-refractivity contribution in [3.05, 3.63) is 24.3 Å². The van der Waals surface area contributed by atoms with Crippen molar-refractivity contribution in [1.29, 1.82) is 0 Å². The Kier molecular flexibility index (Phi) is 11.0. The van der Waals surface area contributed by atoms with Gasteiger partial charge in [0.25, 0.3) is 0 Å². The van der Waals surface area contributed by atoms with Crippen molar-refractivity contribution < 1.29 is 0 Å². The molecule has 0 bridgehead atoms. The molecule has 29 heavy (non-hydrogen) atoms. The Morgan fingerprint density at radius 2 is 2.03 bits per heavy atom. The molecule has 3 heterocycles. The van der Waals surface area contributed by atoms with Crippen LogP contribution in [-0.4, -0.2) is 64.4 Å². The number of aliphatic imine (C=N–C) groups is 1. The summed E-state index contributed by atoms with van der Waals surface area (Å²) in [5, 5.41) is 15.8. The molecule has 0 radical (unpaired) electrons. The van der Waals surface area contributed by atoms with Crippen LogP contribution in [0.25, 0.3) is 0 Å². The molecule has 0 unspecified atom stereocenters. The Bertz CT molecular complexity index is 635. The molecule has 0 saturated carbocycles. The maximum Gasteiger partial charge on any atom is 0.191 e. The minimum Gasteiger partial charge on any atom is -0.357 e. The zero-order chi connectivity index (χ0) is 19.6. The summed E-state index contributed by atoms with van der Waals surface area (Å²) in [6.07, 6.45) is 11.1. The number of fused-ring (bicyclic) bond motifs is 1. The normalized spacial score (nSPS) is 18.4. The third-order valence-electron chi connectivity index (χ3n) is 5.67. The lowest BCUT2D eigenvalue weighted by molar-refractivity contribution is 0.225. The summed E-state index contributed by atoms with van der Waals surface area (Å²) >= 11 is 0. The first kappa shape index (κ1) is 24.1. The highest BCUT2D eigenvalue weighted by atomic mass is 127. The van der Waals surface area contributed by atoms with Gasteiger partial charge in [0, 0.05) is 58.2 Å². The Hall–Kier alpha value is -1.16. The highest BCUT2D eigenvalue weighted by Gasteiger charge is 2.19. The number of nitrogens with zero attached hydrogens (tertiary/aromatic N) is 5. The zero-order valence-corrected chi connectivity index (χ0v) is 20.2. The van der Waals surface area contributed by atoms with Crippen molar-refractivity contribution in [2.24, 2.45) is 4.99 Å². The van der Waals surface area contributed by atoms with Crippen LogP contribution in [0.2, 0.25) is 0 Å². The smallest absolute Gasteiger partial charge is 0.191 e. The van der Waals surface area contributed by atoms with Crippen LogP contribution in [0.4, 0.5) is 0 Å². The highest BCUT2D eigenvalue weighted by Crippen LogP contribution is 2.15. The van der Waals surface area contributed by atoms with Gasteiger partial charge in [0.2, 0.25) is 0 Å². The molecule has 2 aliphatic rings. The number of rotatable bonds is 8. The average Bonchev–Trinajstić information content (AvgIpc) is 2.93. The Morgan fingerprint density at radius 3 is 2.79 bits per heavy atom. The summed E-state index contributed by atoms with van der Waals surface area (Å²) in [4.78, 5) is 7.26. The summed E-state index contributed by atoms with van der Waals surface area (Å²) in [5.74, 6) is 3.26. The van der Waals surface area contributed by atoms with E-state index in [0.717, 1.165) is 83.2 Å². The number of hydrogen-bond donors (Lipinski definition) is 2. The van der Waals surface area contributed by atoms with E-state index < -0.39 is 0 Å². The van der Waals surface area contributed by atoms with Crippen molar-refractivity contribution in [2.75, 3.05) is 32.7 Å². The van der Waals surface area contributed by atoms with E-state index >= 15 is 0 Å². The first-order valence-corrected chi connectivity index (χ1v) is 11.1. The molecule has 0 aromatic carbocycles. The van der Waals surface area contributed by atoms with E-state index in [1.165, 1.54) is 25.1 Å². The zero-order valence-electron chi connectivity index (χ0n) is 17.9. The molecule has 2 aliphatic heterocycles. The quantitative estimate of drug-likeness (QED) is 0.183. The van der Waals surface area contributed by atoms with Gasteiger partial charge >= 0.3 is 0 Å². The van der Waals surface area contributed by atoms with E-state index in [2.05, 4.69) is 43.8 Å². The largest absolute Gasteiger partial charge is 0.357 e. The number of hydrogen-bond acceptors (Lipinski definition) is 4. The second-order valence-corrected chi connectivity index (χ2v) is 7.87. The molecule has 0 atom stereocenters. The molecular formula is C21H38IN7. The van der Waals surface area contributed by atoms with E-state index in [4.69, 9.17) is 4.99 Å². The van der Waals surface area contributed by atoms with Gasteiger partial charge in [-0.2, -0.15) is 0 Å². The molecule has 1 saturated heterocycles. The van der Waals surface area contributed by atoms with Gasteiger partial charge in [-0.05, 0) is 39.0 Å². The lowest BCUT2D eigenvalue weighted by Crippen LogP contribution is -2.48. The Balaban J connectivity index is 0.00000300. The predicted octanol–water partition coefficient (Wildman–Crippen LogP) is 2.76. The number of aromatic nitrogens is 3. The van der Waals surface area contributed by atoms with Crippen LogP contribution in [0.15, 0.2) is 17.6 Å². The fraction of sp³-hybridized carbons (Fsp3) is 0.762. The molecular weight excluding hydrogens is 477 g/mol. The van der Waals surface area contributed by atoms with Crippen LogP contribution in [0, 0.1) is 0 Å². The number of nitrogens with one attached hydrogen (secondary N) is 2. The van der Waals surface area contributed by atoms with Crippen molar-refractivity contribution in [2.45, 2.75) is 70.9 Å². The van der Waals surface area contributed by atoms with E-state index in [1.54, 1.807) is 0 Å². The Morgan fingerprint density at radius 1 is 1.21 bits per heavy atom. The monoisotopic (exact) mass is 515 g/mol. The SMILES string of the molecule is C=CCN1CCC(NC(=NCCCc2nnc3n2CCCCC3)NCC)CC1.I. The summed E-state index contributed by atoms with van der Waals surface area (Å²) in [7, 11) is 0. The summed E-state index contributed by atoms with van der Waals surface area (Å²) < 4.78 is 2.34. The van der Waals surface area contributed by atoms with Crippen LogP contribution in [0.5, 0.6) is 0 Å². The fourth-order valence-corrected chi connectivity index (χ4v) is 4.11. The standard InChI is InChI=1S/C21H37N7.HI/c1-3-14-27-16-11-18(12-17-27)24-21(22-4-2)23-13-8-10-20-26-25-19-9-6-5-7-15-28(19)20;/h3,18H,1,4-17H2,2H3,(H2,22,23,24);1H. The molecule has 1 fully saturated rings. The van der Waals surface area contributed by atoms with Crippen molar-refractivity contribution in [1.82, 2.24) is 30.3 Å². The molecule has 0 spiro atoms. The van der Waals surface area contributed by atoms with Crippen molar-refractivity contribution >= 4 is 29.9 Å². The van der Waals surface area contributed by atoms with Crippen molar-refractivity contribution in [3.8, 4) is 0 Å². The second-order valence-electron chi connectivity index (χ2n) is 7.87. The first-order valence-electron chi connectivity index (χ1n) is 11.1. The van der Waals surface area contributed by atoms with Gasteiger partial charge in [0.1, 0.15) is 11.6 Å². The molecule has 0 aliphatic carbocycles. The minimum absolute atomic E-state index is 0. The third-order valence-corrected chi connectivity index (χ3v) is 5.67. The number of aryl methyl sites for hydroxylation is 2. The molecule has 2 N–H and O–H groups in total. The number of piperidine rings is 1. The fourth-order valence-electron chi connectivity index (χ4n) is 4.11. The average molecular weight is 515 g/mol. The van der Waals surface area contributed by atoms with Crippen LogP contribution in [0.3, 0.4) is 0 Å². The van der Waals surface area contributed by atoms with Crippen LogP contribution in [-0.2, 0) is 19.4 Å². The molecule has 1 aromatic heterocycles. The van der Waals surface area contributed by atoms with Gasteiger partial charge in [-0.1, -0.05) is 12.5 Å². The molecule has 7 nitrogen and oxygen atoms in total. The summed E-state index contributed by atoms with van der Waals surface area (Å²) in [6.45, 7) is 12.0. The molecule has 3 rings (SSSR count). The van der Waals surface area contributed by atoms with Crippen LogP contribution >= 0.6 is 24.0 Å². The minimum atomic E-state index is 0. The number of likely N-dealkylation sites (tertiary alicyclic amines) is 1. The second kappa shape index (κ2) is 13.2. The topological polar surface area (TPSA) is 70.4 Å². The molecule has 1 aromatic rings. The van der Waals surface area contributed by atoms with Gasteiger partial charge in [-0.15, -0.1) is 40.8 Å².